The number of fused-ring (bicyclic) bond motifs is 3. The first-order chi connectivity index (χ1) is 10.8. The van der Waals surface area contributed by atoms with Crippen LogP contribution in [0.4, 0.5) is 4.39 Å². The van der Waals surface area contributed by atoms with Gasteiger partial charge in [-0.2, -0.15) is 0 Å². The van der Waals surface area contributed by atoms with Gasteiger partial charge in [0.15, 0.2) is 0 Å². The lowest BCUT2D eigenvalue weighted by molar-refractivity contribution is 0.625. The zero-order valence-corrected chi connectivity index (χ0v) is 12.1. The van der Waals surface area contributed by atoms with E-state index in [9.17, 15) is 4.39 Å². The van der Waals surface area contributed by atoms with Gasteiger partial charge < -0.3 is 0 Å². The average molecular weight is 291 g/mol. The molecule has 0 saturated carbocycles. The smallest absolute Gasteiger partial charge is 0.132 e. The van der Waals surface area contributed by atoms with Gasteiger partial charge in [-0.1, -0.05) is 30.3 Å². The Morgan fingerprint density at radius 1 is 1.00 bits per heavy atom. The van der Waals surface area contributed by atoms with Crippen molar-refractivity contribution in [3.05, 3.63) is 83.2 Å². The number of benzene rings is 2. The number of aryl methyl sites for hydroxylation is 1. The van der Waals surface area contributed by atoms with E-state index in [1.54, 1.807) is 12.1 Å². The monoisotopic (exact) mass is 291 g/mol. The molecule has 0 amide bonds. The molecule has 1 aliphatic heterocycles. The van der Waals surface area contributed by atoms with Crippen molar-refractivity contribution in [2.24, 2.45) is 4.99 Å². The topological polar surface area (TPSA) is 30.2 Å². The van der Waals surface area contributed by atoms with Crippen LogP contribution in [0.25, 0.3) is 5.69 Å². The Morgan fingerprint density at radius 2 is 1.73 bits per heavy atom. The Labute approximate surface area is 127 Å². The first-order valence-corrected chi connectivity index (χ1v) is 7.18. The largest absolute Gasteiger partial charge is 0.298 e. The van der Waals surface area contributed by atoms with Gasteiger partial charge in [-0.25, -0.2) is 9.37 Å². The Bertz CT molecular complexity index is 893. The Kier molecular flexibility index (Phi) is 2.89. The lowest BCUT2D eigenvalue weighted by atomic mass is 10.00. The van der Waals surface area contributed by atoms with Crippen LogP contribution in [-0.4, -0.2) is 15.3 Å². The molecule has 0 radical (unpaired) electrons. The van der Waals surface area contributed by atoms with E-state index < -0.39 is 0 Å². The van der Waals surface area contributed by atoms with Crippen LogP contribution in [0.5, 0.6) is 0 Å². The number of hydrogen-bond acceptors (Lipinski definition) is 2. The van der Waals surface area contributed by atoms with Crippen LogP contribution in [0.15, 0.2) is 59.7 Å². The number of rotatable bonds is 1. The van der Waals surface area contributed by atoms with Crippen LogP contribution in [0.2, 0.25) is 0 Å². The molecule has 4 rings (SSSR count). The molecule has 1 aliphatic rings. The molecule has 4 heteroatoms. The zero-order chi connectivity index (χ0) is 15.1. The molecule has 0 bridgehead atoms. The normalized spacial score (nSPS) is 13.1. The number of nitrogens with zero attached hydrogens (tertiary/aromatic N) is 3. The molecule has 0 unspecified atom stereocenters. The zero-order valence-electron chi connectivity index (χ0n) is 12.1. The van der Waals surface area contributed by atoms with Crippen molar-refractivity contribution in [2.45, 2.75) is 13.5 Å². The molecule has 0 fully saturated rings. The minimum atomic E-state index is -0.252. The molecular formula is C18H14FN3. The van der Waals surface area contributed by atoms with E-state index in [0.717, 1.165) is 22.8 Å². The van der Waals surface area contributed by atoms with Crippen molar-refractivity contribution in [1.82, 2.24) is 9.55 Å². The van der Waals surface area contributed by atoms with E-state index in [4.69, 9.17) is 0 Å². The molecule has 0 atom stereocenters. The third-order valence-corrected chi connectivity index (χ3v) is 3.94. The predicted molar refractivity (Wildman–Crippen MR) is 84.0 cm³/mol. The van der Waals surface area contributed by atoms with Gasteiger partial charge >= 0.3 is 0 Å². The molecule has 0 N–H and O–H groups in total. The van der Waals surface area contributed by atoms with Crippen molar-refractivity contribution < 1.29 is 4.39 Å². The quantitative estimate of drug-likeness (QED) is 0.673. The van der Waals surface area contributed by atoms with Crippen LogP contribution in [-0.2, 0) is 6.54 Å². The number of imidazole rings is 1. The van der Waals surface area contributed by atoms with Gasteiger partial charge in [0.05, 0.1) is 29.8 Å². The van der Waals surface area contributed by atoms with Crippen LogP contribution >= 0.6 is 0 Å². The third kappa shape index (κ3) is 1.88. The lowest BCUT2D eigenvalue weighted by Crippen LogP contribution is -2.09. The molecule has 2 aromatic carbocycles. The maximum atomic E-state index is 14.2. The second kappa shape index (κ2) is 4.91. The summed E-state index contributed by atoms with van der Waals surface area (Å²) in [5.74, 6) is 0.657. The fourth-order valence-corrected chi connectivity index (χ4v) is 2.93. The van der Waals surface area contributed by atoms with Crippen LogP contribution in [0, 0.1) is 12.7 Å². The standard InChI is InChI=1S/C18H14FN3/c1-12-20-10-13-11-21-18(14-6-2-4-8-16(14)19)15-7-3-5-9-17(15)22(12)13/h2-10H,11H2,1H3. The number of hydrogen-bond donors (Lipinski definition) is 0. The van der Waals surface area contributed by atoms with Gasteiger partial charge in [0.25, 0.3) is 0 Å². The summed E-state index contributed by atoms with van der Waals surface area (Å²) >= 11 is 0. The van der Waals surface area contributed by atoms with E-state index in [0.29, 0.717) is 17.8 Å². The van der Waals surface area contributed by atoms with Crippen molar-refractivity contribution >= 4 is 5.71 Å². The molecule has 3 aromatic rings. The van der Waals surface area contributed by atoms with Crippen molar-refractivity contribution in [2.75, 3.05) is 0 Å². The molecule has 108 valence electrons. The summed E-state index contributed by atoms with van der Waals surface area (Å²) < 4.78 is 16.3. The highest BCUT2D eigenvalue weighted by Crippen LogP contribution is 2.27. The molecule has 1 aromatic heterocycles. The number of halogens is 1. The number of aromatic nitrogens is 2. The summed E-state index contributed by atoms with van der Waals surface area (Å²) in [4.78, 5) is 9.04. The highest BCUT2D eigenvalue weighted by molar-refractivity contribution is 6.15. The molecule has 0 saturated heterocycles. The van der Waals surface area contributed by atoms with E-state index in [2.05, 4.69) is 14.5 Å². The van der Waals surface area contributed by atoms with Crippen molar-refractivity contribution in [3.63, 3.8) is 0 Å². The van der Waals surface area contributed by atoms with E-state index >= 15 is 0 Å². The second-order valence-corrected chi connectivity index (χ2v) is 5.29. The highest BCUT2D eigenvalue weighted by Gasteiger charge is 2.21. The maximum Gasteiger partial charge on any atom is 0.132 e. The van der Waals surface area contributed by atoms with E-state index in [1.165, 1.54) is 6.07 Å². The third-order valence-electron chi connectivity index (χ3n) is 3.94. The molecule has 0 spiro atoms. The van der Waals surface area contributed by atoms with Crippen LogP contribution < -0.4 is 0 Å². The van der Waals surface area contributed by atoms with Crippen molar-refractivity contribution in [1.29, 1.82) is 0 Å². The summed E-state index contributed by atoms with van der Waals surface area (Å²) in [6.07, 6.45) is 1.83. The number of aliphatic imine (C=N–C) groups is 1. The summed E-state index contributed by atoms with van der Waals surface area (Å²) in [7, 11) is 0. The Balaban J connectivity index is 2.01. The first kappa shape index (κ1) is 13.0. The van der Waals surface area contributed by atoms with Gasteiger partial charge in [0.1, 0.15) is 11.6 Å². The summed E-state index contributed by atoms with van der Waals surface area (Å²) in [5.41, 5.74) is 4.15. The molecule has 0 aliphatic carbocycles. The van der Waals surface area contributed by atoms with Gasteiger partial charge in [-0.05, 0) is 25.1 Å². The van der Waals surface area contributed by atoms with E-state index in [1.807, 2.05) is 43.5 Å². The summed E-state index contributed by atoms with van der Waals surface area (Å²) in [6, 6.07) is 14.7. The highest BCUT2D eigenvalue weighted by atomic mass is 19.1. The van der Waals surface area contributed by atoms with Gasteiger partial charge in [0.2, 0.25) is 0 Å². The Hall–Kier alpha value is -2.75. The fraction of sp³-hybridized carbons (Fsp3) is 0.111. The number of para-hydroxylation sites is 1. The predicted octanol–water partition coefficient (Wildman–Crippen LogP) is 3.67. The molecule has 2 heterocycles. The summed E-state index contributed by atoms with van der Waals surface area (Å²) in [5, 5.41) is 0. The van der Waals surface area contributed by atoms with Crippen LogP contribution in [0.1, 0.15) is 22.6 Å². The van der Waals surface area contributed by atoms with Crippen LogP contribution in [0.3, 0.4) is 0 Å². The SMILES string of the molecule is Cc1ncc2n1-c1ccccc1C(c1ccccc1F)=NC2. The Morgan fingerprint density at radius 3 is 2.55 bits per heavy atom. The maximum absolute atomic E-state index is 14.2. The van der Waals surface area contributed by atoms with Gasteiger partial charge in [0, 0.05) is 11.1 Å². The van der Waals surface area contributed by atoms with Gasteiger partial charge in [-0.15, -0.1) is 0 Å². The minimum absolute atomic E-state index is 0.252. The minimum Gasteiger partial charge on any atom is -0.298 e. The average Bonchev–Trinajstić information content (AvgIpc) is 2.82. The molecule has 22 heavy (non-hydrogen) atoms. The molecule has 3 nitrogen and oxygen atoms in total. The first-order valence-electron chi connectivity index (χ1n) is 7.18. The summed E-state index contributed by atoms with van der Waals surface area (Å²) in [6.45, 7) is 2.45. The lowest BCUT2D eigenvalue weighted by Gasteiger charge is -2.13. The van der Waals surface area contributed by atoms with Crippen molar-refractivity contribution in [3.8, 4) is 5.69 Å². The van der Waals surface area contributed by atoms with E-state index in [-0.39, 0.29) is 5.82 Å². The fourth-order valence-electron chi connectivity index (χ4n) is 2.93. The molecular weight excluding hydrogens is 277 g/mol. The second-order valence-electron chi connectivity index (χ2n) is 5.29. The van der Waals surface area contributed by atoms with Gasteiger partial charge in [-0.3, -0.25) is 9.56 Å².